The monoisotopic (exact) mass is 267 g/mol. The number of ether oxygens (including phenoxy) is 1. The fraction of sp³-hybridized carbons (Fsp3) is 0.417. The molecule has 0 saturated carbocycles. The van der Waals surface area contributed by atoms with E-state index in [4.69, 9.17) is 4.74 Å². The van der Waals surface area contributed by atoms with Crippen molar-refractivity contribution in [2.24, 2.45) is 10.9 Å². The molecule has 0 bridgehead atoms. The predicted octanol–water partition coefficient (Wildman–Crippen LogP) is 3.25. The van der Waals surface area contributed by atoms with E-state index in [1.165, 1.54) is 0 Å². The smallest absolute Gasteiger partial charge is 0.216 e. The summed E-state index contributed by atoms with van der Waals surface area (Å²) in [5.41, 5.74) is 1.06. The average Bonchev–Trinajstić information content (AvgIpc) is 2.68. The van der Waals surface area contributed by atoms with Gasteiger partial charge in [0.15, 0.2) is 0 Å². The van der Waals surface area contributed by atoms with Crippen LogP contribution < -0.4 is 0 Å². The van der Waals surface area contributed by atoms with Crippen LogP contribution >= 0.6 is 15.9 Å². The van der Waals surface area contributed by atoms with Gasteiger partial charge in [-0.3, -0.25) is 0 Å². The van der Waals surface area contributed by atoms with Crippen molar-refractivity contribution < 1.29 is 4.74 Å². The Morgan fingerprint density at radius 2 is 2.00 bits per heavy atom. The first-order valence-electron chi connectivity index (χ1n) is 5.13. The molecule has 0 fully saturated rings. The molecule has 1 unspecified atom stereocenters. The Morgan fingerprint density at radius 3 is 2.53 bits per heavy atom. The standard InChI is InChI=1S/C12H14BrNO/c1-8(2)11-7-15-12(14-11)9-3-5-10(13)6-4-9/h3-6,8,11H,7H2,1-2H3. The lowest BCUT2D eigenvalue weighted by molar-refractivity contribution is 0.292. The SMILES string of the molecule is CC(C)C1COC(c2ccc(Br)cc2)=N1. The van der Waals surface area contributed by atoms with Gasteiger partial charge in [0, 0.05) is 10.0 Å². The normalized spacial score (nSPS) is 20.3. The molecule has 0 N–H and O–H groups in total. The minimum atomic E-state index is 0.309. The molecular formula is C12H14BrNO. The molecule has 1 aromatic carbocycles. The molecule has 80 valence electrons. The summed E-state index contributed by atoms with van der Waals surface area (Å²) < 4.78 is 6.66. The summed E-state index contributed by atoms with van der Waals surface area (Å²) in [4.78, 5) is 4.57. The minimum absolute atomic E-state index is 0.309. The summed E-state index contributed by atoms with van der Waals surface area (Å²) >= 11 is 3.41. The van der Waals surface area contributed by atoms with Crippen LogP contribution in [0.3, 0.4) is 0 Å². The first kappa shape index (κ1) is 10.7. The maximum atomic E-state index is 5.59. The van der Waals surface area contributed by atoms with Gasteiger partial charge in [-0.1, -0.05) is 29.8 Å². The zero-order valence-electron chi connectivity index (χ0n) is 8.90. The highest BCUT2D eigenvalue weighted by molar-refractivity contribution is 9.10. The van der Waals surface area contributed by atoms with Gasteiger partial charge in [-0.2, -0.15) is 0 Å². The third-order valence-corrected chi connectivity index (χ3v) is 3.06. The van der Waals surface area contributed by atoms with Crippen molar-refractivity contribution in [3.8, 4) is 0 Å². The van der Waals surface area contributed by atoms with Crippen LogP contribution in [0.25, 0.3) is 0 Å². The summed E-state index contributed by atoms with van der Waals surface area (Å²) in [5.74, 6) is 1.32. The Kier molecular flexibility index (Phi) is 3.10. The number of rotatable bonds is 2. The lowest BCUT2D eigenvalue weighted by Crippen LogP contribution is -2.13. The third-order valence-electron chi connectivity index (χ3n) is 2.53. The molecule has 1 aliphatic heterocycles. The average molecular weight is 268 g/mol. The van der Waals surface area contributed by atoms with Gasteiger partial charge in [-0.15, -0.1) is 0 Å². The van der Waals surface area contributed by atoms with Gasteiger partial charge in [-0.25, -0.2) is 4.99 Å². The van der Waals surface area contributed by atoms with Crippen LogP contribution in [-0.4, -0.2) is 18.5 Å². The van der Waals surface area contributed by atoms with Crippen molar-refractivity contribution in [1.29, 1.82) is 0 Å². The van der Waals surface area contributed by atoms with E-state index in [1.54, 1.807) is 0 Å². The van der Waals surface area contributed by atoms with Crippen molar-refractivity contribution in [1.82, 2.24) is 0 Å². The molecule has 1 atom stereocenters. The molecule has 15 heavy (non-hydrogen) atoms. The second-order valence-corrected chi connectivity index (χ2v) is 4.98. The molecule has 1 aliphatic rings. The highest BCUT2D eigenvalue weighted by atomic mass is 79.9. The van der Waals surface area contributed by atoms with E-state index in [1.807, 2.05) is 24.3 Å². The van der Waals surface area contributed by atoms with Crippen LogP contribution in [0.15, 0.2) is 33.7 Å². The van der Waals surface area contributed by atoms with Crippen LogP contribution in [0.5, 0.6) is 0 Å². The fourth-order valence-electron chi connectivity index (χ4n) is 1.48. The summed E-state index contributed by atoms with van der Waals surface area (Å²) in [6.45, 7) is 5.05. The topological polar surface area (TPSA) is 21.6 Å². The van der Waals surface area contributed by atoms with Crippen LogP contribution in [0.2, 0.25) is 0 Å². The van der Waals surface area contributed by atoms with Gasteiger partial charge in [0.1, 0.15) is 6.61 Å². The van der Waals surface area contributed by atoms with E-state index in [0.29, 0.717) is 18.6 Å². The highest BCUT2D eigenvalue weighted by Crippen LogP contribution is 2.18. The Balaban J connectivity index is 2.19. The van der Waals surface area contributed by atoms with E-state index >= 15 is 0 Å². The predicted molar refractivity (Wildman–Crippen MR) is 65.3 cm³/mol. The Labute approximate surface area is 98.5 Å². The molecule has 1 heterocycles. The third kappa shape index (κ3) is 2.40. The maximum Gasteiger partial charge on any atom is 0.216 e. The van der Waals surface area contributed by atoms with Crippen LogP contribution in [0.4, 0.5) is 0 Å². The number of hydrogen-bond acceptors (Lipinski definition) is 2. The second-order valence-electron chi connectivity index (χ2n) is 4.06. The molecule has 1 aromatic rings. The van der Waals surface area contributed by atoms with Gasteiger partial charge in [-0.05, 0) is 30.2 Å². The van der Waals surface area contributed by atoms with Gasteiger partial charge in [0.25, 0.3) is 0 Å². The van der Waals surface area contributed by atoms with Gasteiger partial charge >= 0.3 is 0 Å². The van der Waals surface area contributed by atoms with E-state index < -0.39 is 0 Å². The molecule has 0 radical (unpaired) electrons. The zero-order chi connectivity index (χ0) is 10.8. The van der Waals surface area contributed by atoms with Crippen LogP contribution in [0, 0.1) is 5.92 Å². The highest BCUT2D eigenvalue weighted by Gasteiger charge is 2.22. The largest absolute Gasteiger partial charge is 0.475 e. The molecule has 0 aromatic heterocycles. The Hall–Kier alpha value is -0.830. The van der Waals surface area contributed by atoms with Crippen molar-refractivity contribution in [2.75, 3.05) is 6.61 Å². The van der Waals surface area contributed by atoms with Crippen LogP contribution in [0.1, 0.15) is 19.4 Å². The summed E-state index contributed by atoms with van der Waals surface area (Å²) in [5, 5.41) is 0. The van der Waals surface area contributed by atoms with Crippen molar-refractivity contribution in [3.05, 3.63) is 34.3 Å². The van der Waals surface area contributed by atoms with E-state index in [0.717, 1.165) is 15.9 Å². The van der Waals surface area contributed by atoms with E-state index in [2.05, 4.69) is 34.8 Å². The molecule has 2 rings (SSSR count). The van der Waals surface area contributed by atoms with Gasteiger partial charge < -0.3 is 4.74 Å². The molecule has 0 amide bonds. The first-order chi connectivity index (χ1) is 7.16. The molecule has 3 heteroatoms. The lowest BCUT2D eigenvalue weighted by atomic mass is 10.1. The van der Waals surface area contributed by atoms with Gasteiger partial charge in [0.05, 0.1) is 6.04 Å². The summed E-state index contributed by atoms with van der Waals surface area (Å²) in [6.07, 6.45) is 0. The van der Waals surface area contributed by atoms with Crippen molar-refractivity contribution in [2.45, 2.75) is 19.9 Å². The lowest BCUT2D eigenvalue weighted by Gasteiger charge is -2.06. The summed E-state index contributed by atoms with van der Waals surface area (Å²) in [7, 11) is 0. The number of nitrogens with zero attached hydrogens (tertiary/aromatic N) is 1. The number of hydrogen-bond donors (Lipinski definition) is 0. The van der Waals surface area contributed by atoms with Gasteiger partial charge in [0.2, 0.25) is 5.90 Å². The number of halogens is 1. The fourth-order valence-corrected chi connectivity index (χ4v) is 1.75. The first-order valence-corrected chi connectivity index (χ1v) is 5.92. The number of benzene rings is 1. The molecule has 0 spiro atoms. The maximum absolute atomic E-state index is 5.59. The second kappa shape index (κ2) is 4.35. The molecular weight excluding hydrogens is 254 g/mol. The Bertz CT molecular complexity index is 370. The quantitative estimate of drug-likeness (QED) is 0.806. The molecule has 0 aliphatic carbocycles. The zero-order valence-corrected chi connectivity index (χ0v) is 10.5. The summed E-state index contributed by atoms with van der Waals surface area (Å²) in [6, 6.07) is 8.36. The van der Waals surface area contributed by atoms with Crippen molar-refractivity contribution >= 4 is 21.8 Å². The molecule has 0 saturated heterocycles. The number of aliphatic imine (C=N–C) groups is 1. The van der Waals surface area contributed by atoms with Crippen molar-refractivity contribution in [3.63, 3.8) is 0 Å². The van der Waals surface area contributed by atoms with Crippen LogP contribution in [-0.2, 0) is 4.74 Å². The molecule has 2 nitrogen and oxygen atoms in total. The minimum Gasteiger partial charge on any atom is -0.475 e. The Morgan fingerprint density at radius 1 is 1.33 bits per heavy atom. The van der Waals surface area contributed by atoms with E-state index in [9.17, 15) is 0 Å². The van der Waals surface area contributed by atoms with E-state index in [-0.39, 0.29) is 0 Å².